The molecule has 0 aliphatic carbocycles. The second kappa shape index (κ2) is 7.74. The third-order valence-corrected chi connectivity index (χ3v) is 3.71. The summed E-state index contributed by atoms with van der Waals surface area (Å²) >= 11 is 5.17. The van der Waals surface area contributed by atoms with E-state index in [1.54, 1.807) is 31.2 Å². The summed E-state index contributed by atoms with van der Waals surface area (Å²) in [5.41, 5.74) is 2.25. The van der Waals surface area contributed by atoms with Gasteiger partial charge in [-0.15, -0.1) is 0 Å². The maximum atomic E-state index is 12.4. The Kier molecular flexibility index (Phi) is 5.70. The van der Waals surface area contributed by atoms with Crippen molar-refractivity contribution in [2.75, 3.05) is 13.7 Å². The van der Waals surface area contributed by atoms with Gasteiger partial charge in [0.25, 0.3) is 0 Å². The van der Waals surface area contributed by atoms with Crippen molar-refractivity contribution >= 4 is 29.3 Å². The van der Waals surface area contributed by atoms with Crippen LogP contribution in [0.2, 0.25) is 0 Å². The fourth-order valence-electron chi connectivity index (χ4n) is 2.36. The molecule has 126 valence electrons. The predicted molar refractivity (Wildman–Crippen MR) is 93.2 cm³/mol. The lowest BCUT2D eigenvalue weighted by atomic mass is 9.95. The molecule has 7 heteroatoms. The Balaban J connectivity index is 2.35. The molecule has 0 saturated heterocycles. The van der Waals surface area contributed by atoms with E-state index in [4.69, 9.17) is 17.0 Å². The molecule has 1 aliphatic heterocycles. The highest BCUT2D eigenvalue weighted by molar-refractivity contribution is 7.80. The number of allylic oxidation sites excluding steroid dienone is 1. The Morgan fingerprint density at radius 2 is 1.96 bits per heavy atom. The van der Waals surface area contributed by atoms with Gasteiger partial charge in [-0.2, -0.15) is 0 Å². The molecule has 2 N–H and O–H groups in total. The molecule has 1 aromatic rings. The lowest BCUT2D eigenvalue weighted by Gasteiger charge is -2.29. The first-order valence-electron chi connectivity index (χ1n) is 7.22. The molecule has 1 aliphatic rings. The van der Waals surface area contributed by atoms with Gasteiger partial charge >= 0.3 is 11.9 Å². The van der Waals surface area contributed by atoms with Gasteiger partial charge in [-0.3, -0.25) is 0 Å². The molecular weight excluding hydrogens is 328 g/mol. The zero-order chi connectivity index (χ0) is 17.7. The maximum absolute atomic E-state index is 12.4. The second-order valence-corrected chi connectivity index (χ2v) is 5.48. The highest BCUT2D eigenvalue weighted by atomic mass is 32.1. The van der Waals surface area contributed by atoms with Crippen molar-refractivity contribution < 1.29 is 19.1 Å². The largest absolute Gasteiger partial charge is 0.465 e. The summed E-state index contributed by atoms with van der Waals surface area (Å²) in [5, 5.41) is 6.39. The van der Waals surface area contributed by atoms with E-state index in [-0.39, 0.29) is 6.61 Å². The van der Waals surface area contributed by atoms with E-state index in [2.05, 4.69) is 21.9 Å². The van der Waals surface area contributed by atoms with Crippen LogP contribution >= 0.6 is 12.2 Å². The Hall–Kier alpha value is -2.67. The molecule has 2 rings (SSSR count). The van der Waals surface area contributed by atoms with Gasteiger partial charge in [0, 0.05) is 5.70 Å². The van der Waals surface area contributed by atoms with Crippen LogP contribution in [0.1, 0.15) is 28.9 Å². The highest BCUT2D eigenvalue weighted by Crippen LogP contribution is 2.28. The fraction of sp³-hybridized carbons (Fsp3) is 0.235. The second-order valence-electron chi connectivity index (χ2n) is 5.07. The van der Waals surface area contributed by atoms with Gasteiger partial charge in [0.05, 0.1) is 24.3 Å². The number of esters is 2. The van der Waals surface area contributed by atoms with Crippen LogP contribution < -0.4 is 10.6 Å². The quantitative estimate of drug-likeness (QED) is 0.480. The van der Waals surface area contributed by atoms with Crippen LogP contribution in [0.5, 0.6) is 0 Å². The first-order chi connectivity index (χ1) is 11.5. The topological polar surface area (TPSA) is 76.7 Å². The first-order valence-corrected chi connectivity index (χ1v) is 7.63. The van der Waals surface area contributed by atoms with Gasteiger partial charge in [0.2, 0.25) is 0 Å². The van der Waals surface area contributed by atoms with E-state index in [1.165, 1.54) is 13.2 Å². The van der Waals surface area contributed by atoms with Gasteiger partial charge in [-0.05, 0) is 36.8 Å². The van der Waals surface area contributed by atoms with E-state index in [1.807, 2.05) is 0 Å². The zero-order valence-corrected chi connectivity index (χ0v) is 14.2. The summed E-state index contributed by atoms with van der Waals surface area (Å²) in [4.78, 5) is 23.9. The number of methoxy groups -OCH3 is 1. The number of carbonyl (C=O) groups excluding carboxylic acids is 2. The van der Waals surface area contributed by atoms with Gasteiger partial charge in [0.15, 0.2) is 5.11 Å². The molecule has 0 saturated carbocycles. The molecule has 1 heterocycles. The third-order valence-electron chi connectivity index (χ3n) is 3.49. The smallest absolute Gasteiger partial charge is 0.338 e. The molecule has 0 amide bonds. The molecule has 24 heavy (non-hydrogen) atoms. The number of hydrogen-bond donors (Lipinski definition) is 2. The van der Waals surface area contributed by atoms with Gasteiger partial charge in [-0.25, -0.2) is 9.59 Å². The van der Waals surface area contributed by atoms with Gasteiger partial charge in [-0.1, -0.05) is 24.8 Å². The molecule has 0 spiro atoms. The lowest BCUT2D eigenvalue weighted by Crippen LogP contribution is -2.45. The summed E-state index contributed by atoms with van der Waals surface area (Å²) in [5.74, 6) is -0.885. The zero-order valence-electron chi connectivity index (χ0n) is 13.4. The highest BCUT2D eigenvalue weighted by Gasteiger charge is 2.30. The predicted octanol–water partition coefficient (Wildman–Crippen LogP) is 2.00. The van der Waals surface area contributed by atoms with Gasteiger partial charge in [0.1, 0.15) is 6.61 Å². The summed E-state index contributed by atoms with van der Waals surface area (Å²) in [6.45, 7) is 5.41. The Morgan fingerprint density at radius 3 is 2.54 bits per heavy atom. The fourth-order valence-corrected chi connectivity index (χ4v) is 2.63. The first kappa shape index (κ1) is 17.7. The van der Waals surface area contributed by atoms with Crippen molar-refractivity contribution in [2.45, 2.75) is 13.0 Å². The molecule has 0 bridgehead atoms. The van der Waals surface area contributed by atoms with Crippen LogP contribution in [-0.2, 0) is 14.3 Å². The molecule has 1 aromatic carbocycles. The molecule has 0 aromatic heterocycles. The molecule has 0 radical (unpaired) electrons. The molecule has 1 atom stereocenters. The van der Waals surface area contributed by atoms with E-state index >= 15 is 0 Å². The summed E-state index contributed by atoms with van der Waals surface area (Å²) in [6, 6.07) is 6.28. The number of rotatable bonds is 5. The molecule has 6 nitrogen and oxygen atoms in total. The molecular formula is C17H18N2O4S. The van der Waals surface area contributed by atoms with Crippen molar-refractivity contribution in [1.29, 1.82) is 0 Å². The number of ether oxygens (including phenoxy) is 2. The van der Waals surface area contributed by atoms with Crippen molar-refractivity contribution in [3.63, 3.8) is 0 Å². The standard InChI is InChI=1S/C17H18N2O4S/c1-4-9-23-16(21)13-10(2)18-17(24)19-14(13)11-5-7-12(8-6-11)15(20)22-3/h4-8,14H,1,9H2,2-3H3,(H2,18,19,24)/t14-/m0/s1. The van der Waals surface area contributed by atoms with E-state index in [0.29, 0.717) is 21.9 Å². The van der Waals surface area contributed by atoms with E-state index < -0.39 is 18.0 Å². The van der Waals surface area contributed by atoms with Crippen molar-refractivity contribution in [3.8, 4) is 0 Å². The monoisotopic (exact) mass is 346 g/mol. The number of nitrogens with one attached hydrogen (secondary N) is 2. The minimum atomic E-state index is -0.470. The van der Waals surface area contributed by atoms with Crippen LogP contribution in [0.15, 0.2) is 48.2 Å². The number of carbonyl (C=O) groups is 2. The number of thiocarbonyl (C=S) groups is 1. The Labute approximate surface area is 145 Å². The van der Waals surface area contributed by atoms with Crippen LogP contribution in [0, 0.1) is 0 Å². The minimum Gasteiger partial charge on any atom is -0.465 e. The van der Waals surface area contributed by atoms with Crippen LogP contribution in [0.4, 0.5) is 0 Å². The van der Waals surface area contributed by atoms with E-state index in [0.717, 1.165) is 5.56 Å². The number of benzene rings is 1. The van der Waals surface area contributed by atoms with Crippen LogP contribution in [0.25, 0.3) is 0 Å². The Morgan fingerprint density at radius 1 is 1.29 bits per heavy atom. The average Bonchev–Trinajstić information content (AvgIpc) is 2.58. The van der Waals surface area contributed by atoms with E-state index in [9.17, 15) is 9.59 Å². The number of hydrogen-bond acceptors (Lipinski definition) is 5. The summed E-state index contributed by atoms with van der Waals surface area (Å²) < 4.78 is 9.84. The average molecular weight is 346 g/mol. The lowest BCUT2D eigenvalue weighted by molar-refractivity contribution is -0.138. The summed E-state index contributed by atoms with van der Waals surface area (Å²) in [6.07, 6.45) is 1.50. The maximum Gasteiger partial charge on any atom is 0.338 e. The van der Waals surface area contributed by atoms with Crippen molar-refractivity contribution in [3.05, 3.63) is 59.3 Å². The SMILES string of the molecule is C=CCOC(=O)C1=C(C)NC(=S)N[C@H]1c1ccc(C(=O)OC)cc1. The minimum absolute atomic E-state index is 0.119. The molecule has 0 fully saturated rings. The van der Waals surface area contributed by atoms with Crippen LogP contribution in [-0.4, -0.2) is 30.8 Å². The van der Waals surface area contributed by atoms with Crippen molar-refractivity contribution in [2.24, 2.45) is 0 Å². The van der Waals surface area contributed by atoms with Crippen LogP contribution in [0.3, 0.4) is 0 Å². The van der Waals surface area contributed by atoms with Gasteiger partial charge < -0.3 is 20.1 Å². The summed E-state index contributed by atoms with van der Waals surface area (Å²) in [7, 11) is 1.32. The normalized spacial score (nSPS) is 16.8. The molecule has 0 unspecified atom stereocenters. The third kappa shape index (κ3) is 3.80. The van der Waals surface area contributed by atoms with Crippen molar-refractivity contribution in [1.82, 2.24) is 10.6 Å². The Bertz CT molecular complexity index is 710.